The Balaban J connectivity index is 2.12. The average molecular weight is 612 g/mol. The summed E-state index contributed by atoms with van der Waals surface area (Å²) in [7, 11) is 0.125. The second kappa shape index (κ2) is 14.3. The molecule has 0 bridgehead atoms. The van der Waals surface area contributed by atoms with Gasteiger partial charge in [-0.05, 0) is 87.7 Å². The van der Waals surface area contributed by atoms with Crippen LogP contribution >= 0.6 is 0 Å². The smallest absolute Gasteiger partial charge is 0.264 e. The van der Waals surface area contributed by atoms with Crippen LogP contribution in [0.25, 0.3) is 0 Å². The highest BCUT2D eigenvalue weighted by molar-refractivity contribution is 7.92. The number of methoxy groups -OCH3 is 3. The summed E-state index contributed by atoms with van der Waals surface area (Å²) >= 11 is 0. The lowest BCUT2D eigenvalue weighted by molar-refractivity contribution is -0.139. The van der Waals surface area contributed by atoms with Crippen LogP contribution in [0.3, 0.4) is 0 Å². The Morgan fingerprint density at radius 3 is 2.07 bits per heavy atom. The van der Waals surface area contributed by atoms with Crippen molar-refractivity contribution in [2.75, 3.05) is 32.2 Å². The van der Waals surface area contributed by atoms with Crippen LogP contribution in [-0.2, 0) is 26.2 Å². The van der Waals surface area contributed by atoms with E-state index in [1.807, 2.05) is 39.8 Å². The summed E-state index contributed by atoms with van der Waals surface area (Å²) in [6.45, 7) is 8.50. The fourth-order valence-electron chi connectivity index (χ4n) is 4.68. The minimum Gasteiger partial charge on any atom is -0.497 e. The average Bonchev–Trinajstić information content (AvgIpc) is 2.96. The van der Waals surface area contributed by atoms with Gasteiger partial charge in [-0.2, -0.15) is 0 Å². The van der Waals surface area contributed by atoms with Gasteiger partial charge in [-0.1, -0.05) is 18.2 Å². The summed E-state index contributed by atoms with van der Waals surface area (Å²) in [6, 6.07) is 15.7. The Kier molecular flexibility index (Phi) is 11.0. The molecule has 0 aliphatic heterocycles. The first-order valence-electron chi connectivity index (χ1n) is 13.9. The number of benzene rings is 3. The first kappa shape index (κ1) is 33.3. The molecule has 3 rings (SSSR count). The zero-order valence-electron chi connectivity index (χ0n) is 26.0. The summed E-state index contributed by atoms with van der Waals surface area (Å²) in [5.74, 6) is 0.278. The number of nitrogens with zero attached hydrogens (tertiary/aromatic N) is 2. The zero-order valence-corrected chi connectivity index (χ0v) is 26.8. The maximum absolute atomic E-state index is 14.2. The van der Waals surface area contributed by atoms with Crippen LogP contribution in [0.1, 0.15) is 37.5 Å². The monoisotopic (exact) mass is 611 g/mol. The van der Waals surface area contributed by atoms with Gasteiger partial charge < -0.3 is 24.4 Å². The number of nitrogens with one attached hydrogen (secondary N) is 1. The van der Waals surface area contributed by atoms with Crippen molar-refractivity contribution in [3.8, 4) is 17.2 Å². The third-order valence-corrected chi connectivity index (χ3v) is 8.57. The summed E-state index contributed by atoms with van der Waals surface area (Å²) in [5, 5.41) is 2.85. The lowest BCUT2D eigenvalue weighted by atomic mass is 10.1. The lowest BCUT2D eigenvalue weighted by Crippen LogP contribution is -2.52. The van der Waals surface area contributed by atoms with E-state index in [4.69, 9.17) is 14.2 Å². The molecule has 0 radical (unpaired) electrons. The number of aryl methyl sites for hydroxylation is 2. The van der Waals surface area contributed by atoms with Gasteiger partial charge >= 0.3 is 0 Å². The molecule has 0 unspecified atom stereocenters. The molecule has 0 heterocycles. The molecule has 1 N–H and O–H groups in total. The number of hydrogen-bond donors (Lipinski definition) is 1. The van der Waals surface area contributed by atoms with E-state index in [1.54, 1.807) is 44.4 Å². The van der Waals surface area contributed by atoms with E-state index in [-0.39, 0.29) is 29.1 Å². The molecule has 11 heteroatoms. The van der Waals surface area contributed by atoms with E-state index < -0.39 is 28.5 Å². The molecule has 232 valence electrons. The molecule has 3 aromatic rings. The topological polar surface area (TPSA) is 114 Å². The molecule has 1 atom stereocenters. The Hall–Kier alpha value is -4.25. The number of rotatable bonds is 13. The molecule has 0 spiro atoms. The quantitative estimate of drug-likeness (QED) is 0.303. The van der Waals surface area contributed by atoms with Crippen molar-refractivity contribution < 1.29 is 32.2 Å². The molecule has 0 aliphatic carbocycles. The maximum Gasteiger partial charge on any atom is 0.264 e. The molecule has 10 nitrogen and oxygen atoms in total. The second-order valence-electron chi connectivity index (χ2n) is 10.6. The van der Waals surface area contributed by atoms with E-state index in [0.29, 0.717) is 17.2 Å². The first-order valence-corrected chi connectivity index (χ1v) is 15.3. The van der Waals surface area contributed by atoms with Gasteiger partial charge in [-0.25, -0.2) is 8.42 Å². The van der Waals surface area contributed by atoms with E-state index in [9.17, 15) is 18.0 Å². The largest absolute Gasteiger partial charge is 0.497 e. The highest BCUT2D eigenvalue weighted by Crippen LogP contribution is 2.33. The highest BCUT2D eigenvalue weighted by atomic mass is 32.2. The molecule has 0 saturated carbocycles. The van der Waals surface area contributed by atoms with Crippen LogP contribution in [0.2, 0.25) is 0 Å². The summed E-state index contributed by atoms with van der Waals surface area (Å²) in [4.78, 5) is 28.6. The van der Waals surface area contributed by atoms with Crippen molar-refractivity contribution in [2.45, 2.75) is 58.1 Å². The van der Waals surface area contributed by atoms with Gasteiger partial charge in [0, 0.05) is 18.7 Å². The predicted octanol–water partition coefficient (Wildman–Crippen LogP) is 4.47. The third-order valence-electron chi connectivity index (χ3n) is 6.80. The van der Waals surface area contributed by atoms with Crippen LogP contribution in [0.5, 0.6) is 17.2 Å². The third kappa shape index (κ3) is 8.19. The van der Waals surface area contributed by atoms with Crippen molar-refractivity contribution >= 4 is 27.5 Å². The Bertz CT molecular complexity index is 1540. The number of anilines is 1. The van der Waals surface area contributed by atoms with Crippen molar-refractivity contribution in [1.82, 2.24) is 10.2 Å². The Morgan fingerprint density at radius 2 is 1.49 bits per heavy atom. The van der Waals surface area contributed by atoms with Gasteiger partial charge in [-0.3, -0.25) is 13.9 Å². The highest BCUT2D eigenvalue weighted by Gasteiger charge is 2.33. The molecule has 0 saturated heterocycles. The Morgan fingerprint density at radius 1 is 0.837 bits per heavy atom. The summed E-state index contributed by atoms with van der Waals surface area (Å²) < 4.78 is 45.5. The maximum atomic E-state index is 14.2. The van der Waals surface area contributed by atoms with Crippen LogP contribution < -0.4 is 23.8 Å². The molecule has 0 fully saturated rings. The molecule has 0 aromatic heterocycles. The van der Waals surface area contributed by atoms with Crippen molar-refractivity contribution in [3.05, 3.63) is 77.4 Å². The van der Waals surface area contributed by atoms with Gasteiger partial charge in [0.2, 0.25) is 11.8 Å². The number of hydrogen-bond acceptors (Lipinski definition) is 7. The van der Waals surface area contributed by atoms with Crippen LogP contribution in [0.4, 0.5) is 5.69 Å². The number of sulfonamides is 1. The van der Waals surface area contributed by atoms with E-state index >= 15 is 0 Å². The van der Waals surface area contributed by atoms with Gasteiger partial charge in [0.25, 0.3) is 10.0 Å². The molecular weight excluding hydrogens is 570 g/mol. The van der Waals surface area contributed by atoms with Gasteiger partial charge in [-0.15, -0.1) is 0 Å². The first-order chi connectivity index (χ1) is 20.3. The normalized spacial score (nSPS) is 11.9. The molecule has 0 aliphatic rings. The summed E-state index contributed by atoms with van der Waals surface area (Å²) in [6.07, 6.45) is 0. The molecule has 43 heavy (non-hydrogen) atoms. The second-order valence-corrected chi connectivity index (χ2v) is 12.4. The standard InChI is InChI=1S/C32H41N3O7S/c1-21(2)33-32(37)24(5)34(19-25-10-9-11-27(17-25)40-6)31(36)20-35(26-15-22(3)14-23(4)16-26)43(38,39)28-12-13-29(41-7)30(18-28)42-8/h9-18,21,24H,19-20H2,1-8H3,(H,33,37)/t24-/m1/s1. The number of ether oxygens (including phenoxy) is 3. The lowest BCUT2D eigenvalue weighted by Gasteiger charge is -2.32. The van der Waals surface area contributed by atoms with Crippen LogP contribution in [0, 0.1) is 13.8 Å². The van der Waals surface area contributed by atoms with Crippen molar-refractivity contribution in [2.24, 2.45) is 0 Å². The SMILES string of the molecule is COc1cccc(CN(C(=O)CN(c2cc(C)cc(C)c2)S(=O)(=O)c2ccc(OC)c(OC)c2)[C@H](C)C(=O)NC(C)C)c1. The minimum absolute atomic E-state index is 0.0554. The van der Waals surface area contributed by atoms with Gasteiger partial charge in [0.05, 0.1) is 31.9 Å². The molecule has 3 aromatic carbocycles. The van der Waals surface area contributed by atoms with Crippen LogP contribution in [0.15, 0.2) is 65.6 Å². The van der Waals surface area contributed by atoms with Crippen molar-refractivity contribution in [1.29, 1.82) is 0 Å². The van der Waals surface area contributed by atoms with E-state index in [2.05, 4.69) is 5.32 Å². The van der Waals surface area contributed by atoms with Gasteiger partial charge in [0.15, 0.2) is 11.5 Å². The zero-order chi connectivity index (χ0) is 31.9. The Labute approximate surface area is 254 Å². The molecular formula is C32H41N3O7S. The molecule has 2 amide bonds. The van der Waals surface area contributed by atoms with E-state index in [1.165, 1.54) is 37.3 Å². The minimum atomic E-state index is -4.29. The fourth-order valence-corrected chi connectivity index (χ4v) is 6.10. The summed E-state index contributed by atoms with van der Waals surface area (Å²) in [5.41, 5.74) is 2.69. The van der Waals surface area contributed by atoms with Crippen LogP contribution in [-0.4, -0.2) is 65.1 Å². The fraction of sp³-hybridized carbons (Fsp3) is 0.375. The van der Waals surface area contributed by atoms with Gasteiger partial charge in [0.1, 0.15) is 18.3 Å². The number of carbonyl (C=O) groups is 2. The van der Waals surface area contributed by atoms with Crippen molar-refractivity contribution in [3.63, 3.8) is 0 Å². The number of amides is 2. The number of carbonyl (C=O) groups excluding carboxylic acids is 2. The predicted molar refractivity (Wildman–Crippen MR) is 166 cm³/mol. The van der Waals surface area contributed by atoms with E-state index in [0.717, 1.165) is 21.0 Å².